The van der Waals surface area contributed by atoms with Crippen LogP contribution in [-0.2, 0) is 16.1 Å². The van der Waals surface area contributed by atoms with Crippen molar-refractivity contribution in [3.05, 3.63) is 34.6 Å². The van der Waals surface area contributed by atoms with Gasteiger partial charge in [0, 0.05) is 24.2 Å². The van der Waals surface area contributed by atoms with E-state index in [1.54, 1.807) is 20.0 Å². The molecule has 1 unspecified atom stereocenters. The quantitative estimate of drug-likeness (QED) is 0.881. The lowest BCUT2D eigenvalue weighted by atomic mass is 9.96. The number of aliphatic carboxylic acids is 1. The Morgan fingerprint density at radius 1 is 1.42 bits per heavy atom. The number of likely N-dealkylation sites (N-methyl/N-ethyl adjacent to an activating group) is 1. The average Bonchev–Trinajstić information content (AvgIpc) is 2.56. The molecule has 1 aromatic carbocycles. The van der Waals surface area contributed by atoms with E-state index in [-0.39, 0.29) is 24.4 Å². The summed E-state index contributed by atoms with van der Waals surface area (Å²) < 4.78 is 13.9. The smallest absolute Gasteiger partial charge is 0.306 e. The number of nitrogens with zero attached hydrogens (tertiary/aromatic N) is 2. The number of rotatable bonds is 5. The zero-order chi connectivity index (χ0) is 17.9. The van der Waals surface area contributed by atoms with Gasteiger partial charge in [-0.05, 0) is 45.0 Å². The van der Waals surface area contributed by atoms with Gasteiger partial charge in [-0.2, -0.15) is 0 Å². The number of hydrogen-bond acceptors (Lipinski definition) is 3. The highest BCUT2D eigenvalue weighted by molar-refractivity contribution is 6.31. The molecule has 0 aromatic heterocycles. The van der Waals surface area contributed by atoms with Gasteiger partial charge in [0.1, 0.15) is 5.82 Å². The standard InChI is InChI=1S/C17H22ClFN2O3/c1-11(21-8-6-12(7-9-21)17(23)24)16(22)20(2)10-13-14(18)4-3-5-15(13)19/h3-5,11-12H,6-10H2,1-2H3,(H,23,24). The molecule has 1 amide bonds. The Bertz CT molecular complexity index is 598. The van der Waals surface area contributed by atoms with Crippen LogP contribution in [0.5, 0.6) is 0 Å². The summed E-state index contributed by atoms with van der Waals surface area (Å²) in [6, 6.07) is 4.06. The van der Waals surface area contributed by atoms with Crippen molar-refractivity contribution in [2.45, 2.75) is 32.4 Å². The molecule has 0 aliphatic carbocycles. The number of carboxylic acid groups (broad SMARTS) is 1. The maximum absolute atomic E-state index is 13.9. The molecule has 0 saturated carbocycles. The molecule has 1 fully saturated rings. The van der Waals surface area contributed by atoms with E-state index in [0.717, 1.165) is 0 Å². The van der Waals surface area contributed by atoms with Crippen molar-refractivity contribution in [3.8, 4) is 0 Å². The first-order valence-electron chi connectivity index (χ1n) is 7.96. The Labute approximate surface area is 146 Å². The Morgan fingerprint density at radius 2 is 2.04 bits per heavy atom. The zero-order valence-corrected chi connectivity index (χ0v) is 14.6. The van der Waals surface area contributed by atoms with Gasteiger partial charge in [-0.15, -0.1) is 0 Å². The Balaban J connectivity index is 1.97. The lowest BCUT2D eigenvalue weighted by Crippen LogP contribution is -2.49. The van der Waals surface area contributed by atoms with E-state index in [1.165, 1.54) is 17.0 Å². The number of likely N-dealkylation sites (tertiary alicyclic amines) is 1. The fourth-order valence-electron chi connectivity index (χ4n) is 3.01. The number of carboxylic acids is 1. The van der Waals surface area contributed by atoms with Crippen LogP contribution < -0.4 is 0 Å². The molecular weight excluding hydrogens is 335 g/mol. The van der Waals surface area contributed by atoms with E-state index in [0.29, 0.717) is 36.5 Å². The van der Waals surface area contributed by atoms with Gasteiger partial charge in [-0.25, -0.2) is 4.39 Å². The molecule has 132 valence electrons. The Morgan fingerprint density at radius 3 is 2.58 bits per heavy atom. The van der Waals surface area contributed by atoms with Crippen LogP contribution in [0.1, 0.15) is 25.3 Å². The molecule has 0 radical (unpaired) electrons. The van der Waals surface area contributed by atoms with E-state index in [2.05, 4.69) is 0 Å². The van der Waals surface area contributed by atoms with E-state index in [1.807, 2.05) is 4.90 Å². The summed E-state index contributed by atoms with van der Waals surface area (Å²) in [7, 11) is 1.62. The summed E-state index contributed by atoms with van der Waals surface area (Å²) in [6.07, 6.45) is 1.08. The van der Waals surface area contributed by atoms with Crippen molar-refractivity contribution < 1.29 is 19.1 Å². The monoisotopic (exact) mass is 356 g/mol. The third-order valence-electron chi connectivity index (χ3n) is 4.62. The third-order valence-corrected chi connectivity index (χ3v) is 4.97. The maximum Gasteiger partial charge on any atom is 0.306 e. The molecule has 1 heterocycles. The average molecular weight is 357 g/mol. The van der Waals surface area contributed by atoms with Gasteiger partial charge in [-0.3, -0.25) is 14.5 Å². The normalized spacial score (nSPS) is 17.5. The zero-order valence-electron chi connectivity index (χ0n) is 13.8. The highest BCUT2D eigenvalue weighted by Gasteiger charge is 2.31. The van der Waals surface area contributed by atoms with Gasteiger partial charge in [0.05, 0.1) is 12.0 Å². The third kappa shape index (κ3) is 4.24. The topological polar surface area (TPSA) is 60.9 Å². The molecule has 7 heteroatoms. The minimum Gasteiger partial charge on any atom is -0.481 e. The molecule has 1 aromatic rings. The van der Waals surface area contributed by atoms with Crippen molar-refractivity contribution in [1.29, 1.82) is 0 Å². The van der Waals surface area contributed by atoms with Crippen molar-refractivity contribution in [2.24, 2.45) is 5.92 Å². The number of piperidine rings is 1. The fraction of sp³-hybridized carbons (Fsp3) is 0.529. The van der Waals surface area contributed by atoms with E-state index < -0.39 is 11.8 Å². The van der Waals surface area contributed by atoms with Crippen LogP contribution >= 0.6 is 11.6 Å². The summed E-state index contributed by atoms with van der Waals surface area (Å²) in [6.45, 7) is 3.03. The summed E-state index contributed by atoms with van der Waals surface area (Å²) in [5.41, 5.74) is 0.298. The van der Waals surface area contributed by atoms with Crippen molar-refractivity contribution in [3.63, 3.8) is 0 Å². The van der Waals surface area contributed by atoms with Crippen LogP contribution in [0, 0.1) is 11.7 Å². The van der Waals surface area contributed by atoms with Gasteiger partial charge in [0.15, 0.2) is 0 Å². The lowest BCUT2D eigenvalue weighted by Gasteiger charge is -2.35. The molecule has 2 rings (SSSR count). The first kappa shape index (κ1) is 18.7. The molecular formula is C17H22ClFN2O3. The summed E-state index contributed by atoms with van der Waals surface area (Å²) in [5.74, 6) is -1.68. The maximum atomic E-state index is 13.9. The van der Waals surface area contributed by atoms with Gasteiger partial charge in [-0.1, -0.05) is 17.7 Å². The van der Waals surface area contributed by atoms with Crippen molar-refractivity contribution in [2.75, 3.05) is 20.1 Å². The van der Waals surface area contributed by atoms with E-state index in [9.17, 15) is 14.0 Å². The Kier molecular flexibility index (Phi) is 6.18. The van der Waals surface area contributed by atoms with Gasteiger partial charge in [0.25, 0.3) is 0 Å². The SMILES string of the molecule is CC(C(=O)N(C)Cc1c(F)cccc1Cl)N1CCC(C(=O)O)CC1. The minimum absolute atomic E-state index is 0.0975. The number of halogens is 2. The first-order chi connectivity index (χ1) is 11.3. The number of carbonyl (C=O) groups excluding carboxylic acids is 1. The second-order valence-electron chi connectivity index (χ2n) is 6.22. The number of benzene rings is 1. The molecule has 1 aliphatic rings. The summed E-state index contributed by atoms with van der Waals surface area (Å²) >= 11 is 6.01. The van der Waals surface area contributed by atoms with Crippen LogP contribution in [0.2, 0.25) is 5.02 Å². The van der Waals surface area contributed by atoms with Crippen LogP contribution in [-0.4, -0.2) is 53.0 Å². The number of carbonyl (C=O) groups is 2. The second-order valence-corrected chi connectivity index (χ2v) is 6.63. The first-order valence-corrected chi connectivity index (χ1v) is 8.33. The summed E-state index contributed by atoms with van der Waals surface area (Å²) in [5, 5.41) is 9.33. The predicted octanol–water partition coefficient (Wildman–Crippen LogP) is 2.62. The number of hydrogen-bond donors (Lipinski definition) is 1. The van der Waals surface area contributed by atoms with Crippen molar-refractivity contribution in [1.82, 2.24) is 9.80 Å². The predicted molar refractivity (Wildman–Crippen MR) is 89.3 cm³/mol. The van der Waals surface area contributed by atoms with Crippen LogP contribution in [0.3, 0.4) is 0 Å². The van der Waals surface area contributed by atoms with Crippen molar-refractivity contribution >= 4 is 23.5 Å². The van der Waals surface area contributed by atoms with Crippen LogP contribution in [0.4, 0.5) is 4.39 Å². The van der Waals surface area contributed by atoms with Crippen LogP contribution in [0.25, 0.3) is 0 Å². The highest BCUT2D eigenvalue weighted by Crippen LogP contribution is 2.22. The molecule has 0 bridgehead atoms. The summed E-state index contributed by atoms with van der Waals surface area (Å²) in [4.78, 5) is 27.0. The molecule has 5 nitrogen and oxygen atoms in total. The molecule has 0 spiro atoms. The van der Waals surface area contributed by atoms with E-state index >= 15 is 0 Å². The molecule has 1 saturated heterocycles. The minimum atomic E-state index is -0.778. The van der Waals surface area contributed by atoms with Gasteiger partial charge >= 0.3 is 5.97 Å². The molecule has 1 N–H and O–H groups in total. The molecule has 24 heavy (non-hydrogen) atoms. The lowest BCUT2D eigenvalue weighted by molar-refractivity contribution is -0.144. The second kappa shape index (κ2) is 7.94. The highest BCUT2D eigenvalue weighted by atomic mass is 35.5. The van der Waals surface area contributed by atoms with E-state index in [4.69, 9.17) is 16.7 Å². The largest absolute Gasteiger partial charge is 0.481 e. The van der Waals surface area contributed by atoms with Gasteiger partial charge < -0.3 is 10.0 Å². The number of amides is 1. The molecule has 1 atom stereocenters. The van der Waals surface area contributed by atoms with Gasteiger partial charge in [0.2, 0.25) is 5.91 Å². The Hall–Kier alpha value is -1.66. The van der Waals surface area contributed by atoms with Crippen LogP contribution in [0.15, 0.2) is 18.2 Å². The fourth-order valence-corrected chi connectivity index (χ4v) is 3.23. The molecule has 1 aliphatic heterocycles.